The Morgan fingerprint density at radius 1 is 1.18 bits per heavy atom. The summed E-state index contributed by atoms with van der Waals surface area (Å²) in [6, 6.07) is 11.5. The normalized spacial score (nSPS) is 11.2. The molecule has 0 unspecified atom stereocenters. The number of anilines is 1. The molecule has 2 aromatic rings. The molecule has 7 heteroatoms. The maximum absolute atomic E-state index is 12.7. The fourth-order valence-electron chi connectivity index (χ4n) is 2.05. The second-order valence-electron chi connectivity index (χ2n) is 5.05. The number of hydrogen-bond donors (Lipinski definition) is 1. The van der Waals surface area contributed by atoms with Gasteiger partial charge in [0.25, 0.3) is 0 Å². The minimum atomic E-state index is -3.63. The summed E-state index contributed by atoms with van der Waals surface area (Å²) in [6.45, 7) is 0. The Hall–Kier alpha value is -1.92. The number of halogens is 1. The first kappa shape index (κ1) is 16.5. The van der Waals surface area contributed by atoms with E-state index < -0.39 is 9.84 Å². The van der Waals surface area contributed by atoms with Crippen LogP contribution in [0.3, 0.4) is 0 Å². The predicted molar refractivity (Wildman–Crippen MR) is 87.9 cm³/mol. The van der Waals surface area contributed by atoms with Crippen LogP contribution in [0.15, 0.2) is 52.5 Å². The van der Waals surface area contributed by atoms with Crippen LogP contribution in [0.2, 0.25) is 5.02 Å². The fraction of sp³-hybridized carbons (Fsp3) is 0.200. The molecule has 5 nitrogen and oxygen atoms in total. The van der Waals surface area contributed by atoms with Crippen LogP contribution < -0.4 is 4.90 Å². The van der Waals surface area contributed by atoms with Crippen molar-refractivity contribution in [1.29, 1.82) is 5.53 Å². The lowest BCUT2D eigenvalue weighted by atomic mass is 10.2. The zero-order valence-corrected chi connectivity index (χ0v) is 13.8. The molecule has 0 aliphatic carbocycles. The van der Waals surface area contributed by atoms with E-state index in [4.69, 9.17) is 17.1 Å². The number of nitrogens with one attached hydrogen (secondary N) is 1. The molecule has 0 bridgehead atoms. The standard InChI is InChI=1S/C15H16ClN3O2S/c1-19(2)13-6-7-14(18-17)15(9-13)22(20,21)10-11-4-3-5-12(16)8-11/h3-9,17H,10H2,1-2H3. The first-order chi connectivity index (χ1) is 10.3. The van der Waals surface area contributed by atoms with Crippen molar-refractivity contribution in [3.63, 3.8) is 0 Å². The van der Waals surface area contributed by atoms with Crippen LogP contribution in [0.4, 0.5) is 11.4 Å². The van der Waals surface area contributed by atoms with Crippen LogP contribution >= 0.6 is 11.6 Å². The average Bonchev–Trinajstić information content (AvgIpc) is 2.46. The number of rotatable bonds is 5. The predicted octanol–water partition coefficient (Wildman–Crippen LogP) is 4.04. The van der Waals surface area contributed by atoms with Gasteiger partial charge in [0.15, 0.2) is 9.84 Å². The van der Waals surface area contributed by atoms with Gasteiger partial charge in [-0.2, -0.15) is 5.11 Å². The molecule has 2 rings (SSSR count). The van der Waals surface area contributed by atoms with Gasteiger partial charge in [-0.15, -0.1) is 0 Å². The van der Waals surface area contributed by atoms with E-state index in [-0.39, 0.29) is 16.3 Å². The molecule has 0 saturated carbocycles. The minimum Gasteiger partial charge on any atom is -0.378 e. The number of hydrogen-bond acceptors (Lipinski definition) is 5. The third-order valence-electron chi connectivity index (χ3n) is 3.16. The monoisotopic (exact) mass is 337 g/mol. The van der Waals surface area contributed by atoms with E-state index in [2.05, 4.69) is 5.11 Å². The lowest BCUT2D eigenvalue weighted by Gasteiger charge is -2.15. The van der Waals surface area contributed by atoms with Crippen molar-refractivity contribution in [1.82, 2.24) is 0 Å². The summed E-state index contributed by atoms with van der Waals surface area (Å²) in [5.41, 5.74) is 8.64. The number of sulfone groups is 1. The summed E-state index contributed by atoms with van der Waals surface area (Å²) >= 11 is 5.90. The van der Waals surface area contributed by atoms with Gasteiger partial charge in [-0.05, 0) is 35.9 Å². The van der Waals surface area contributed by atoms with Gasteiger partial charge in [-0.3, -0.25) is 0 Å². The Labute approximate surface area is 135 Å². The average molecular weight is 338 g/mol. The summed E-state index contributed by atoms with van der Waals surface area (Å²) in [6.07, 6.45) is 0. The molecule has 0 aromatic heterocycles. The SMILES string of the molecule is CN(C)c1ccc(N=N)c(S(=O)(=O)Cc2cccc(Cl)c2)c1. The van der Waals surface area contributed by atoms with Gasteiger partial charge in [-0.1, -0.05) is 23.7 Å². The zero-order valence-electron chi connectivity index (χ0n) is 12.2. The highest BCUT2D eigenvalue weighted by Gasteiger charge is 2.21. The first-order valence-corrected chi connectivity index (χ1v) is 8.52. The summed E-state index contributed by atoms with van der Waals surface area (Å²) < 4.78 is 25.3. The van der Waals surface area contributed by atoms with Gasteiger partial charge >= 0.3 is 0 Å². The lowest BCUT2D eigenvalue weighted by molar-refractivity contribution is 0.595. The smallest absolute Gasteiger partial charge is 0.184 e. The molecule has 2 aromatic carbocycles. The van der Waals surface area contributed by atoms with Crippen LogP contribution in [0, 0.1) is 5.53 Å². The van der Waals surface area contributed by atoms with Gasteiger partial charge in [0, 0.05) is 24.8 Å². The molecule has 0 spiro atoms. The Morgan fingerprint density at radius 3 is 2.50 bits per heavy atom. The maximum Gasteiger partial charge on any atom is 0.184 e. The fourth-order valence-corrected chi connectivity index (χ4v) is 3.77. The van der Waals surface area contributed by atoms with E-state index in [1.807, 2.05) is 14.1 Å². The summed E-state index contributed by atoms with van der Waals surface area (Å²) in [5.74, 6) is -0.188. The molecule has 0 saturated heterocycles. The van der Waals surface area contributed by atoms with E-state index in [0.29, 0.717) is 10.6 Å². The van der Waals surface area contributed by atoms with Crippen molar-refractivity contribution in [3.05, 3.63) is 53.1 Å². The Balaban J connectivity index is 2.48. The van der Waals surface area contributed by atoms with Crippen LogP contribution in [0.25, 0.3) is 0 Å². The van der Waals surface area contributed by atoms with E-state index in [1.165, 1.54) is 12.1 Å². The molecule has 0 atom stereocenters. The van der Waals surface area contributed by atoms with Gasteiger partial charge in [0.1, 0.15) is 5.69 Å². The molecule has 116 valence electrons. The first-order valence-electron chi connectivity index (χ1n) is 6.49. The third kappa shape index (κ3) is 3.64. The topological polar surface area (TPSA) is 73.6 Å². The molecule has 0 aliphatic heterocycles. The molecule has 22 heavy (non-hydrogen) atoms. The van der Waals surface area contributed by atoms with Gasteiger partial charge < -0.3 is 4.90 Å². The highest BCUT2D eigenvalue weighted by atomic mass is 35.5. The Bertz CT molecular complexity index is 804. The second kappa shape index (κ2) is 6.46. The number of benzene rings is 2. The van der Waals surface area contributed by atoms with Crippen molar-refractivity contribution in [2.45, 2.75) is 10.6 Å². The molecule has 0 fully saturated rings. The summed E-state index contributed by atoms with van der Waals surface area (Å²) in [7, 11) is 0.0114. The summed E-state index contributed by atoms with van der Waals surface area (Å²) in [4.78, 5) is 1.85. The molecule has 0 radical (unpaired) electrons. The highest BCUT2D eigenvalue weighted by molar-refractivity contribution is 7.90. The van der Waals surface area contributed by atoms with E-state index >= 15 is 0 Å². The van der Waals surface area contributed by atoms with Gasteiger partial charge in [0.05, 0.1) is 10.6 Å². The minimum absolute atomic E-state index is 0.0497. The van der Waals surface area contributed by atoms with E-state index in [9.17, 15) is 8.42 Å². The quantitative estimate of drug-likeness (QED) is 0.836. The van der Waals surface area contributed by atoms with Crippen LogP contribution in [-0.2, 0) is 15.6 Å². The third-order valence-corrected chi connectivity index (χ3v) is 5.11. The Kier molecular flexibility index (Phi) is 4.83. The molecular formula is C15H16ClN3O2S. The molecule has 1 N–H and O–H groups in total. The molecule has 0 heterocycles. The zero-order chi connectivity index (χ0) is 16.3. The van der Waals surface area contributed by atoms with E-state index in [0.717, 1.165) is 5.69 Å². The molecule has 0 amide bonds. The van der Waals surface area contributed by atoms with Crippen LogP contribution in [0.1, 0.15) is 5.56 Å². The molecular weight excluding hydrogens is 322 g/mol. The molecule has 0 aliphatic rings. The van der Waals surface area contributed by atoms with Crippen molar-refractivity contribution in [3.8, 4) is 0 Å². The van der Waals surface area contributed by atoms with Crippen molar-refractivity contribution in [2.75, 3.05) is 19.0 Å². The van der Waals surface area contributed by atoms with Gasteiger partial charge in [0.2, 0.25) is 0 Å². The van der Waals surface area contributed by atoms with Gasteiger partial charge in [-0.25, -0.2) is 13.9 Å². The van der Waals surface area contributed by atoms with Crippen LogP contribution in [0.5, 0.6) is 0 Å². The number of nitrogens with zero attached hydrogens (tertiary/aromatic N) is 2. The Morgan fingerprint density at radius 2 is 1.91 bits per heavy atom. The second-order valence-corrected chi connectivity index (χ2v) is 7.44. The maximum atomic E-state index is 12.7. The largest absolute Gasteiger partial charge is 0.378 e. The van der Waals surface area contributed by atoms with E-state index in [1.54, 1.807) is 35.2 Å². The van der Waals surface area contributed by atoms with Crippen molar-refractivity contribution in [2.24, 2.45) is 5.11 Å². The lowest BCUT2D eigenvalue weighted by Crippen LogP contribution is -2.11. The summed E-state index contributed by atoms with van der Waals surface area (Å²) in [5, 5.41) is 3.81. The highest BCUT2D eigenvalue weighted by Crippen LogP contribution is 2.31. The van der Waals surface area contributed by atoms with Crippen molar-refractivity contribution >= 4 is 32.8 Å². The van der Waals surface area contributed by atoms with Crippen molar-refractivity contribution < 1.29 is 8.42 Å². The van der Waals surface area contributed by atoms with Crippen LogP contribution in [-0.4, -0.2) is 22.5 Å².